The van der Waals surface area contributed by atoms with E-state index in [9.17, 15) is 9.50 Å². The number of nitrogens with zero attached hydrogens (tertiary/aromatic N) is 1. The van der Waals surface area contributed by atoms with Crippen LogP contribution in [0.2, 0.25) is 5.02 Å². The number of halogens is 2. The fourth-order valence-electron chi connectivity index (χ4n) is 1.87. The highest BCUT2D eigenvalue weighted by molar-refractivity contribution is 6.31. The third kappa shape index (κ3) is 3.15. The Morgan fingerprint density at radius 3 is 2.67 bits per heavy atom. The quantitative estimate of drug-likeness (QED) is 0.911. The molecule has 1 aromatic carbocycles. The van der Waals surface area contributed by atoms with Gasteiger partial charge < -0.3 is 15.6 Å². The number of hydrogen-bond acceptors (Lipinski definition) is 4. The number of aromatic nitrogens is 1. The van der Waals surface area contributed by atoms with Crippen LogP contribution in [0.25, 0.3) is 11.3 Å². The van der Waals surface area contributed by atoms with E-state index in [4.69, 9.17) is 22.1 Å². The zero-order valence-corrected chi connectivity index (χ0v) is 12.5. The number of hydrogen-bond donors (Lipinski definition) is 2. The smallest absolute Gasteiger partial charge is 0.145 e. The van der Waals surface area contributed by atoms with Crippen LogP contribution in [0.5, 0.6) is 5.75 Å². The van der Waals surface area contributed by atoms with Crippen molar-refractivity contribution in [2.24, 2.45) is 5.73 Å². The lowest BCUT2D eigenvalue weighted by molar-refractivity contribution is 0.0622. The molecule has 1 heterocycles. The first-order chi connectivity index (χ1) is 9.89. The second kappa shape index (κ2) is 5.97. The molecule has 0 radical (unpaired) electrons. The molecule has 1 atom stereocenters. The SMILES string of the molecule is COc1ccc(C(C)(O)CN)nc1-c1ccc(F)c(Cl)c1. The third-order valence-electron chi connectivity index (χ3n) is 3.22. The van der Waals surface area contributed by atoms with Crippen molar-refractivity contribution in [1.29, 1.82) is 0 Å². The molecule has 1 aromatic heterocycles. The van der Waals surface area contributed by atoms with Gasteiger partial charge in [0.2, 0.25) is 0 Å². The van der Waals surface area contributed by atoms with Crippen LogP contribution in [0.4, 0.5) is 4.39 Å². The standard InChI is InChI=1S/C15H16ClFN2O2/c1-15(20,8-18)13-6-5-12(21-2)14(19-13)9-3-4-11(17)10(16)7-9/h3-7,20H,8,18H2,1-2H3. The van der Waals surface area contributed by atoms with E-state index in [0.717, 1.165) is 0 Å². The van der Waals surface area contributed by atoms with Crippen LogP contribution in [-0.4, -0.2) is 23.7 Å². The Bertz CT molecular complexity index is 662. The monoisotopic (exact) mass is 310 g/mol. The van der Waals surface area contributed by atoms with Crippen molar-refractivity contribution in [3.05, 3.63) is 46.9 Å². The first kappa shape index (κ1) is 15.7. The average molecular weight is 311 g/mol. The molecule has 0 saturated carbocycles. The molecular weight excluding hydrogens is 295 g/mol. The lowest BCUT2D eigenvalue weighted by Gasteiger charge is -2.22. The fourth-order valence-corrected chi connectivity index (χ4v) is 2.05. The Labute approximate surface area is 127 Å². The van der Waals surface area contributed by atoms with Gasteiger partial charge in [0.25, 0.3) is 0 Å². The number of rotatable bonds is 4. The van der Waals surface area contributed by atoms with E-state index in [2.05, 4.69) is 4.98 Å². The summed E-state index contributed by atoms with van der Waals surface area (Å²) in [5, 5.41) is 10.2. The van der Waals surface area contributed by atoms with Crippen molar-refractivity contribution >= 4 is 11.6 Å². The predicted molar refractivity (Wildman–Crippen MR) is 79.8 cm³/mol. The molecule has 0 bridgehead atoms. The van der Waals surface area contributed by atoms with Crippen LogP contribution in [0.1, 0.15) is 12.6 Å². The summed E-state index contributed by atoms with van der Waals surface area (Å²) < 4.78 is 18.5. The van der Waals surface area contributed by atoms with Gasteiger partial charge in [0.05, 0.1) is 17.8 Å². The van der Waals surface area contributed by atoms with Gasteiger partial charge in [-0.05, 0) is 37.3 Å². The predicted octanol–water partition coefficient (Wildman–Crippen LogP) is 2.72. The van der Waals surface area contributed by atoms with E-state index in [1.807, 2.05) is 0 Å². The number of nitrogens with two attached hydrogens (primary N) is 1. The van der Waals surface area contributed by atoms with Crippen molar-refractivity contribution < 1.29 is 14.2 Å². The van der Waals surface area contributed by atoms with Gasteiger partial charge in [-0.25, -0.2) is 9.37 Å². The molecule has 0 spiro atoms. The largest absolute Gasteiger partial charge is 0.494 e. The average Bonchev–Trinajstić information content (AvgIpc) is 2.49. The van der Waals surface area contributed by atoms with Crippen molar-refractivity contribution in [3.8, 4) is 17.0 Å². The number of benzene rings is 1. The van der Waals surface area contributed by atoms with Crippen LogP contribution in [0.3, 0.4) is 0 Å². The van der Waals surface area contributed by atoms with Crippen molar-refractivity contribution in [2.45, 2.75) is 12.5 Å². The van der Waals surface area contributed by atoms with Crippen LogP contribution in [0.15, 0.2) is 30.3 Å². The van der Waals surface area contributed by atoms with Gasteiger partial charge in [0.1, 0.15) is 22.9 Å². The first-order valence-electron chi connectivity index (χ1n) is 6.32. The van der Waals surface area contributed by atoms with Crippen molar-refractivity contribution in [1.82, 2.24) is 4.98 Å². The number of methoxy groups -OCH3 is 1. The van der Waals surface area contributed by atoms with Gasteiger partial charge >= 0.3 is 0 Å². The molecule has 21 heavy (non-hydrogen) atoms. The van der Waals surface area contributed by atoms with Gasteiger partial charge in [-0.2, -0.15) is 0 Å². The molecular formula is C15H16ClFN2O2. The van der Waals surface area contributed by atoms with Crippen LogP contribution < -0.4 is 10.5 Å². The topological polar surface area (TPSA) is 68.4 Å². The molecule has 2 rings (SSSR count). The zero-order valence-electron chi connectivity index (χ0n) is 11.7. The maximum atomic E-state index is 13.3. The molecule has 0 aliphatic heterocycles. The summed E-state index contributed by atoms with van der Waals surface area (Å²) in [7, 11) is 1.51. The van der Waals surface area contributed by atoms with Gasteiger partial charge in [0.15, 0.2) is 0 Å². The summed E-state index contributed by atoms with van der Waals surface area (Å²) in [6.07, 6.45) is 0. The molecule has 2 aromatic rings. The molecule has 6 heteroatoms. The minimum Gasteiger partial charge on any atom is -0.494 e. The van der Waals surface area contributed by atoms with Gasteiger partial charge in [-0.3, -0.25) is 0 Å². The summed E-state index contributed by atoms with van der Waals surface area (Å²) in [5.41, 5.74) is 5.75. The Morgan fingerprint density at radius 2 is 2.10 bits per heavy atom. The van der Waals surface area contributed by atoms with E-state index in [-0.39, 0.29) is 11.6 Å². The van der Waals surface area contributed by atoms with Crippen molar-refractivity contribution in [3.63, 3.8) is 0 Å². The Morgan fingerprint density at radius 1 is 1.38 bits per heavy atom. The lowest BCUT2D eigenvalue weighted by atomic mass is 10.0. The number of aliphatic hydroxyl groups is 1. The van der Waals surface area contributed by atoms with Gasteiger partial charge in [-0.15, -0.1) is 0 Å². The molecule has 3 N–H and O–H groups in total. The van der Waals surface area contributed by atoms with Crippen LogP contribution in [-0.2, 0) is 5.60 Å². The summed E-state index contributed by atoms with van der Waals surface area (Å²) >= 11 is 5.80. The van der Waals surface area contributed by atoms with Gasteiger partial charge in [0, 0.05) is 12.1 Å². The third-order valence-corrected chi connectivity index (χ3v) is 3.51. The van der Waals surface area contributed by atoms with E-state index < -0.39 is 11.4 Å². The molecule has 0 amide bonds. The second-order valence-electron chi connectivity index (χ2n) is 4.85. The molecule has 0 aliphatic rings. The van der Waals surface area contributed by atoms with E-state index in [1.54, 1.807) is 25.1 Å². The molecule has 0 fully saturated rings. The number of pyridine rings is 1. The van der Waals surface area contributed by atoms with Crippen molar-refractivity contribution in [2.75, 3.05) is 13.7 Å². The van der Waals surface area contributed by atoms with E-state index >= 15 is 0 Å². The molecule has 112 valence electrons. The lowest BCUT2D eigenvalue weighted by Crippen LogP contribution is -2.32. The van der Waals surface area contributed by atoms with Gasteiger partial charge in [-0.1, -0.05) is 11.6 Å². The Hall–Kier alpha value is -1.69. The number of ether oxygens (including phenoxy) is 1. The van der Waals surface area contributed by atoms with E-state index in [1.165, 1.54) is 19.2 Å². The molecule has 4 nitrogen and oxygen atoms in total. The molecule has 1 unspecified atom stereocenters. The maximum absolute atomic E-state index is 13.3. The normalized spacial score (nSPS) is 13.8. The Kier molecular flexibility index (Phi) is 4.46. The summed E-state index contributed by atoms with van der Waals surface area (Å²) in [6, 6.07) is 7.58. The Balaban J connectivity index is 2.59. The maximum Gasteiger partial charge on any atom is 0.145 e. The first-order valence-corrected chi connectivity index (χ1v) is 6.70. The van der Waals surface area contributed by atoms with Crippen LogP contribution >= 0.6 is 11.6 Å². The zero-order chi connectivity index (χ0) is 15.6. The second-order valence-corrected chi connectivity index (χ2v) is 5.26. The highest BCUT2D eigenvalue weighted by atomic mass is 35.5. The highest BCUT2D eigenvalue weighted by Crippen LogP contribution is 2.32. The summed E-state index contributed by atoms with van der Waals surface area (Å²) in [4.78, 5) is 4.39. The minimum absolute atomic E-state index is 0.00709. The molecule has 0 saturated heterocycles. The highest BCUT2D eigenvalue weighted by Gasteiger charge is 2.24. The minimum atomic E-state index is -1.26. The molecule has 0 aliphatic carbocycles. The fraction of sp³-hybridized carbons (Fsp3) is 0.267. The van der Waals surface area contributed by atoms with E-state index in [0.29, 0.717) is 22.7 Å². The summed E-state index contributed by atoms with van der Waals surface area (Å²) in [6.45, 7) is 1.60. The summed E-state index contributed by atoms with van der Waals surface area (Å²) in [5.74, 6) is -0.0151. The van der Waals surface area contributed by atoms with Crippen LogP contribution in [0, 0.1) is 5.82 Å².